The van der Waals surface area contributed by atoms with Crippen LogP contribution in [0.25, 0.3) is 16.2 Å². The summed E-state index contributed by atoms with van der Waals surface area (Å²) in [6, 6.07) is 16.7. The Morgan fingerprint density at radius 2 is 1.80 bits per heavy atom. The summed E-state index contributed by atoms with van der Waals surface area (Å²) in [4.78, 5) is 13.0. The summed E-state index contributed by atoms with van der Waals surface area (Å²) in [5.41, 5.74) is 0.324. The highest BCUT2D eigenvalue weighted by Gasteiger charge is 2.06. The number of phenols is 1. The molecule has 0 bridgehead atoms. The molecule has 0 fully saturated rings. The first kappa shape index (κ1) is 12.6. The van der Waals surface area contributed by atoms with Gasteiger partial charge in [0.15, 0.2) is 5.78 Å². The Morgan fingerprint density at radius 1 is 1.05 bits per heavy atom. The molecule has 98 valence electrons. The Hall–Kier alpha value is -2.39. The molecule has 0 radical (unpaired) electrons. The number of rotatable bonds is 3. The van der Waals surface area contributed by atoms with Crippen molar-refractivity contribution in [1.82, 2.24) is 0 Å². The normalized spacial score (nSPS) is 11.2. The smallest absolute Gasteiger partial charge is 0.189 e. The van der Waals surface area contributed by atoms with Gasteiger partial charge < -0.3 is 5.11 Å². The highest BCUT2D eigenvalue weighted by molar-refractivity contribution is 7.19. The average molecular weight is 280 g/mol. The lowest BCUT2D eigenvalue weighted by Crippen LogP contribution is -1.93. The molecule has 0 aliphatic carbocycles. The first-order valence-electron chi connectivity index (χ1n) is 6.23. The molecule has 0 amide bonds. The first-order valence-corrected chi connectivity index (χ1v) is 7.05. The fraction of sp³-hybridized carbons (Fsp3) is 0. The molecule has 3 rings (SSSR count). The number of para-hydroxylation sites is 1. The lowest BCUT2D eigenvalue weighted by molar-refractivity contribution is 0.104. The molecule has 0 saturated carbocycles. The first-order chi connectivity index (χ1) is 9.74. The third-order valence-electron chi connectivity index (χ3n) is 3.01. The Labute approximate surface area is 120 Å². The van der Waals surface area contributed by atoms with Crippen LogP contribution in [0.1, 0.15) is 15.2 Å². The van der Waals surface area contributed by atoms with Gasteiger partial charge in [-0.15, -0.1) is 11.3 Å². The summed E-state index contributed by atoms with van der Waals surface area (Å²) in [5, 5.41) is 10.8. The molecule has 1 N–H and O–H groups in total. The number of benzene rings is 2. The predicted octanol–water partition coefficient (Wildman–Crippen LogP) is 4.50. The molecule has 2 aromatic carbocycles. The number of phenolic OH excluding ortho intramolecular Hbond substituents is 1. The van der Waals surface area contributed by atoms with Gasteiger partial charge in [-0.2, -0.15) is 0 Å². The van der Waals surface area contributed by atoms with Crippen molar-refractivity contribution in [2.75, 3.05) is 0 Å². The number of thiophene rings is 1. The number of aromatic hydroxyl groups is 1. The van der Waals surface area contributed by atoms with Crippen LogP contribution in [0.3, 0.4) is 0 Å². The minimum absolute atomic E-state index is 0.0125. The number of fused-ring (bicyclic) bond motifs is 1. The van der Waals surface area contributed by atoms with Crippen molar-refractivity contribution in [3.05, 3.63) is 71.1 Å². The summed E-state index contributed by atoms with van der Waals surface area (Å²) in [7, 11) is 0. The van der Waals surface area contributed by atoms with Gasteiger partial charge in [0.2, 0.25) is 0 Å². The van der Waals surface area contributed by atoms with E-state index in [0.29, 0.717) is 5.56 Å². The van der Waals surface area contributed by atoms with E-state index in [1.54, 1.807) is 35.6 Å². The van der Waals surface area contributed by atoms with Crippen molar-refractivity contribution < 1.29 is 9.90 Å². The maximum Gasteiger partial charge on any atom is 0.189 e. The van der Waals surface area contributed by atoms with E-state index in [4.69, 9.17) is 0 Å². The van der Waals surface area contributed by atoms with Crippen LogP contribution in [0.15, 0.2) is 60.7 Å². The van der Waals surface area contributed by atoms with E-state index in [9.17, 15) is 9.90 Å². The molecule has 1 aromatic heterocycles. The van der Waals surface area contributed by atoms with Crippen LogP contribution >= 0.6 is 11.3 Å². The molecule has 0 aliphatic rings. The van der Waals surface area contributed by atoms with E-state index in [0.717, 1.165) is 4.88 Å². The standard InChI is InChI=1S/C17H12O2S/c18-15-7-3-2-6-14(15)16(19)10-9-13-11-12-5-1-4-8-17(12)20-13/h1-11,18H/b10-9+. The summed E-state index contributed by atoms with van der Waals surface area (Å²) < 4.78 is 1.20. The van der Waals surface area contributed by atoms with E-state index in [2.05, 4.69) is 12.1 Å². The topological polar surface area (TPSA) is 37.3 Å². The predicted molar refractivity (Wildman–Crippen MR) is 83.3 cm³/mol. The van der Waals surface area contributed by atoms with Crippen LogP contribution in [-0.2, 0) is 0 Å². The number of hydrogen-bond donors (Lipinski definition) is 1. The summed E-state index contributed by atoms with van der Waals surface area (Å²) in [6.07, 6.45) is 3.29. The molecule has 1 heterocycles. The zero-order chi connectivity index (χ0) is 13.9. The monoisotopic (exact) mass is 280 g/mol. The second kappa shape index (κ2) is 5.31. The number of hydrogen-bond acceptors (Lipinski definition) is 3. The van der Waals surface area contributed by atoms with Crippen LogP contribution in [0.4, 0.5) is 0 Å². The minimum Gasteiger partial charge on any atom is -0.507 e. The van der Waals surface area contributed by atoms with Crippen molar-refractivity contribution in [3.8, 4) is 5.75 Å². The second-order valence-corrected chi connectivity index (χ2v) is 5.52. The zero-order valence-corrected chi connectivity index (χ0v) is 11.4. The van der Waals surface area contributed by atoms with Crippen molar-refractivity contribution >= 4 is 33.3 Å². The minimum atomic E-state index is -0.194. The lowest BCUT2D eigenvalue weighted by atomic mass is 10.1. The summed E-state index contributed by atoms with van der Waals surface area (Å²) >= 11 is 1.64. The second-order valence-electron chi connectivity index (χ2n) is 4.40. The van der Waals surface area contributed by atoms with Crippen LogP contribution < -0.4 is 0 Å². The maximum absolute atomic E-state index is 12.0. The maximum atomic E-state index is 12.0. The fourth-order valence-corrected chi connectivity index (χ4v) is 2.98. The van der Waals surface area contributed by atoms with E-state index in [-0.39, 0.29) is 11.5 Å². The Balaban J connectivity index is 1.87. The molecule has 0 aliphatic heterocycles. The third-order valence-corrected chi connectivity index (χ3v) is 4.09. The largest absolute Gasteiger partial charge is 0.507 e. The Bertz CT molecular complexity index is 766. The average Bonchev–Trinajstić information content (AvgIpc) is 2.88. The van der Waals surface area contributed by atoms with Gasteiger partial charge in [-0.3, -0.25) is 4.79 Å². The van der Waals surface area contributed by atoms with Gasteiger partial charge in [0.05, 0.1) is 5.56 Å². The van der Waals surface area contributed by atoms with Gasteiger partial charge in [0, 0.05) is 9.58 Å². The fourth-order valence-electron chi connectivity index (χ4n) is 2.01. The number of ketones is 1. The number of carbonyl (C=O) groups is 1. The van der Waals surface area contributed by atoms with Crippen LogP contribution in [0.2, 0.25) is 0 Å². The van der Waals surface area contributed by atoms with Crippen LogP contribution in [0, 0.1) is 0 Å². The zero-order valence-electron chi connectivity index (χ0n) is 10.6. The Kier molecular flexibility index (Phi) is 3.35. The highest BCUT2D eigenvalue weighted by atomic mass is 32.1. The molecule has 0 atom stereocenters. The number of allylic oxidation sites excluding steroid dienone is 1. The molecular formula is C17H12O2S. The van der Waals surface area contributed by atoms with Crippen molar-refractivity contribution in [2.24, 2.45) is 0 Å². The summed E-state index contributed by atoms with van der Waals surface area (Å²) in [6.45, 7) is 0. The molecule has 0 unspecified atom stereocenters. The van der Waals surface area contributed by atoms with E-state index >= 15 is 0 Å². The van der Waals surface area contributed by atoms with Crippen molar-refractivity contribution in [2.45, 2.75) is 0 Å². The molecule has 0 saturated heterocycles. The molecule has 3 aromatic rings. The molecular weight excluding hydrogens is 268 g/mol. The molecule has 2 nitrogen and oxygen atoms in total. The molecule has 20 heavy (non-hydrogen) atoms. The van der Waals surface area contributed by atoms with Gasteiger partial charge >= 0.3 is 0 Å². The van der Waals surface area contributed by atoms with E-state index in [1.807, 2.05) is 18.2 Å². The SMILES string of the molecule is O=C(/C=C/c1cc2ccccc2s1)c1ccccc1O. The lowest BCUT2D eigenvalue weighted by Gasteiger charge is -1.98. The third kappa shape index (κ3) is 2.49. The van der Waals surface area contributed by atoms with Crippen LogP contribution in [-0.4, -0.2) is 10.9 Å². The molecule has 3 heteroatoms. The number of carbonyl (C=O) groups excluding carboxylic acids is 1. The quantitative estimate of drug-likeness (QED) is 0.566. The van der Waals surface area contributed by atoms with E-state index in [1.165, 1.54) is 22.2 Å². The van der Waals surface area contributed by atoms with Crippen LogP contribution in [0.5, 0.6) is 5.75 Å². The van der Waals surface area contributed by atoms with E-state index < -0.39 is 0 Å². The Morgan fingerprint density at radius 3 is 2.60 bits per heavy atom. The van der Waals surface area contributed by atoms with Gasteiger partial charge in [0.1, 0.15) is 5.75 Å². The van der Waals surface area contributed by atoms with Gasteiger partial charge in [0.25, 0.3) is 0 Å². The summed E-state index contributed by atoms with van der Waals surface area (Å²) in [5.74, 6) is -0.181. The van der Waals surface area contributed by atoms with Crippen molar-refractivity contribution in [3.63, 3.8) is 0 Å². The highest BCUT2D eigenvalue weighted by Crippen LogP contribution is 2.26. The van der Waals surface area contributed by atoms with Gasteiger partial charge in [-0.1, -0.05) is 30.3 Å². The molecule has 0 spiro atoms. The van der Waals surface area contributed by atoms with Gasteiger partial charge in [-0.05, 0) is 41.8 Å². The van der Waals surface area contributed by atoms with Crippen molar-refractivity contribution in [1.29, 1.82) is 0 Å². The van der Waals surface area contributed by atoms with Gasteiger partial charge in [-0.25, -0.2) is 0 Å².